The van der Waals surface area contributed by atoms with Gasteiger partial charge in [0.2, 0.25) is 0 Å². The van der Waals surface area contributed by atoms with Gasteiger partial charge in [-0.25, -0.2) is 0 Å². The van der Waals surface area contributed by atoms with Gasteiger partial charge in [0.15, 0.2) is 0 Å². The molecule has 251 valence electrons. The van der Waals surface area contributed by atoms with Crippen LogP contribution in [0.3, 0.4) is 0 Å². The van der Waals surface area contributed by atoms with Crippen molar-refractivity contribution in [2.24, 2.45) is 11.8 Å². The van der Waals surface area contributed by atoms with Gasteiger partial charge in [0.25, 0.3) is 0 Å². The first kappa shape index (κ1) is 35.9. The second-order valence-corrected chi connectivity index (χ2v) is 58.8. The van der Waals surface area contributed by atoms with E-state index in [-0.39, 0.29) is 7.25 Å². The molecule has 0 fully saturated rings. The van der Waals surface area contributed by atoms with E-state index in [2.05, 4.69) is 153 Å². The molecule has 0 nitrogen and oxygen atoms in total. The van der Waals surface area contributed by atoms with Gasteiger partial charge in [0.05, 0.1) is 0 Å². The van der Waals surface area contributed by atoms with E-state index in [0.29, 0.717) is 11.8 Å². The maximum atomic E-state index is 8.81. The first-order valence-electron chi connectivity index (χ1n) is 18.0. The summed E-state index contributed by atoms with van der Waals surface area (Å²) in [7, 11) is 17.6. The Labute approximate surface area is 299 Å². The zero-order valence-electron chi connectivity index (χ0n) is 30.6. The zero-order valence-corrected chi connectivity index (χ0v) is 35.8. The van der Waals surface area contributed by atoms with E-state index in [9.17, 15) is 0 Å². The molecule has 0 aromatic heterocycles. The molecular formula is C44H53Cl2SiZr. The Morgan fingerprint density at radius 2 is 0.938 bits per heavy atom. The van der Waals surface area contributed by atoms with E-state index in [1.54, 1.807) is 0 Å². The van der Waals surface area contributed by atoms with Crippen LogP contribution < -0.4 is 0 Å². The van der Waals surface area contributed by atoms with E-state index in [1.165, 1.54) is 77.9 Å². The number of allylic oxidation sites excluding steroid dienone is 2. The summed E-state index contributed by atoms with van der Waals surface area (Å²) in [4.78, 5) is 0. The molecule has 0 radical (unpaired) electrons. The van der Waals surface area contributed by atoms with Gasteiger partial charge in [-0.05, 0) is 0 Å². The Bertz CT molecular complexity index is 1790. The van der Waals surface area contributed by atoms with Crippen molar-refractivity contribution in [3.63, 3.8) is 0 Å². The van der Waals surface area contributed by atoms with Gasteiger partial charge in [0.1, 0.15) is 0 Å². The molecule has 0 spiro atoms. The third-order valence-corrected chi connectivity index (χ3v) is 62.7. The summed E-state index contributed by atoms with van der Waals surface area (Å²) in [6.45, 7) is 23.1. The average Bonchev–Trinajstić information content (AvgIpc) is 3.54. The molecule has 2 aliphatic rings. The molecule has 0 aliphatic heterocycles. The van der Waals surface area contributed by atoms with E-state index in [1.807, 2.05) is 0 Å². The summed E-state index contributed by atoms with van der Waals surface area (Å²) < 4.78 is 0.196. The van der Waals surface area contributed by atoms with Crippen LogP contribution in [0.4, 0.5) is 0 Å². The fraction of sp³-hybridized carbons (Fsp3) is 0.364. The predicted molar refractivity (Wildman–Crippen MR) is 214 cm³/mol. The van der Waals surface area contributed by atoms with Gasteiger partial charge < -0.3 is 0 Å². The number of aryl methyl sites for hydroxylation is 4. The second kappa shape index (κ2) is 13.3. The quantitative estimate of drug-likeness (QED) is 0.149. The van der Waals surface area contributed by atoms with Crippen LogP contribution in [0, 0.1) is 39.5 Å². The van der Waals surface area contributed by atoms with Crippen molar-refractivity contribution in [2.45, 2.75) is 88.6 Å². The van der Waals surface area contributed by atoms with Gasteiger partial charge in [-0.3, -0.25) is 0 Å². The molecule has 4 aromatic rings. The molecule has 2 aliphatic carbocycles. The molecule has 0 saturated carbocycles. The monoisotopic (exact) mass is 769 g/mol. The summed E-state index contributed by atoms with van der Waals surface area (Å²) in [5.41, 5.74) is 18.7. The van der Waals surface area contributed by atoms with Crippen molar-refractivity contribution in [1.29, 1.82) is 0 Å². The van der Waals surface area contributed by atoms with E-state index < -0.39 is 21.5 Å². The van der Waals surface area contributed by atoms with Gasteiger partial charge >= 0.3 is 302 Å². The summed E-state index contributed by atoms with van der Waals surface area (Å²) in [5.74, 6) is -0.638. The molecule has 4 heteroatoms. The molecule has 0 saturated heterocycles. The number of hydrogen-bond acceptors (Lipinski definition) is 0. The Hall–Kier alpha value is -1.96. The van der Waals surface area contributed by atoms with Crippen molar-refractivity contribution in [3.05, 3.63) is 128 Å². The fourth-order valence-electron chi connectivity index (χ4n) is 9.12. The number of benzene rings is 4. The summed E-state index contributed by atoms with van der Waals surface area (Å²) in [6.07, 6.45) is 7.08. The predicted octanol–water partition coefficient (Wildman–Crippen LogP) is 13.9. The van der Waals surface area contributed by atoms with E-state index >= 15 is 0 Å². The number of rotatable bonds is 9. The van der Waals surface area contributed by atoms with Crippen molar-refractivity contribution in [1.82, 2.24) is 0 Å². The Kier molecular flexibility index (Phi) is 9.93. The van der Waals surface area contributed by atoms with Crippen LogP contribution in [0.1, 0.15) is 92.3 Å². The Morgan fingerprint density at radius 3 is 1.25 bits per heavy atom. The fourth-order valence-corrected chi connectivity index (χ4v) is 40.5. The number of halogens is 2. The van der Waals surface area contributed by atoms with Crippen LogP contribution in [0.15, 0.2) is 83.9 Å². The van der Waals surface area contributed by atoms with Crippen molar-refractivity contribution < 1.29 is 15.6 Å². The van der Waals surface area contributed by atoms with Gasteiger partial charge in [0, 0.05) is 0 Å². The normalized spacial score (nSPS) is 18.2. The van der Waals surface area contributed by atoms with Gasteiger partial charge in [-0.2, -0.15) is 0 Å². The minimum atomic E-state index is -4.90. The molecule has 4 aromatic carbocycles. The SMILES string of the molecule is Cc1cc(C)cc(-c2cccc3c2C=C(CC(C)C)[CH]3[Zr]([Cl])([Cl])([CH]2C(CC(C)C)=Cc3c(-c4cc(C)cc(C)c4)cccc32)[SiH](C)C)c1. The van der Waals surface area contributed by atoms with E-state index in [4.69, 9.17) is 17.0 Å². The summed E-state index contributed by atoms with van der Waals surface area (Å²) in [6, 6.07) is 27.8. The van der Waals surface area contributed by atoms with Gasteiger partial charge in [-0.1, -0.05) is 0 Å². The van der Waals surface area contributed by atoms with Crippen LogP contribution in [0.25, 0.3) is 34.4 Å². The molecule has 2 unspecified atom stereocenters. The molecule has 2 atom stereocenters. The van der Waals surface area contributed by atoms with E-state index in [0.717, 1.165) is 12.8 Å². The number of hydrogen-bond donors (Lipinski definition) is 0. The standard InChI is InChI=1S/2C21H23.C2H7Si.2ClH.Zr/c2*1-14(2)8-17-12-18-6-5-7-20(21(18)13-17)19-10-15(3)9-16(4)11-19;1-3-2;;;/h2*5-7,9-14H,8H2,1-4H3;3H,1-2H3;2*1H;/q;;;;;+2/p-2. The Balaban J connectivity index is 1.62. The van der Waals surface area contributed by atoms with Crippen LogP contribution in [0.2, 0.25) is 13.1 Å². The van der Waals surface area contributed by atoms with Gasteiger partial charge in [-0.15, -0.1) is 0 Å². The van der Waals surface area contributed by atoms with Crippen molar-refractivity contribution >= 4 is 35.1 Å². The zero-order chi connectivity index (χ0) is 34.7. The summed E-state index contributed by atoms with van der Waals surface area (Å²) in [5, 5.41) is 0. The average molecular weight is 772 g/mol. The first-order chi connectivity index (χ1) is 22.6. The van der Waals surface area contributed by atoms with Crippen LogP contribution in [-0.2, 0) is 15.6 Å². The molecule has 0 heterocycles. The third kappa shape index (κ3) is 6.27. The molecule has 0 N–H and O–H groups in total. The van der Waals surface area contributed by atoms with Crippen molar-refractivity contribution in [3.8, 4) is 22.3 Å². The molecule has 0 bridgehead atoms. The minimum absolute atomic E-state index is 0.0982. The van der Waals surface area contributed by atoms with Crippen molar-refractivity contribution in [2.75, 3.05) is 0 Å². The first-order valence-corrected chi connectivity index (χ1v) is 34.3. The molecule has 6 rings (SSSR count). The third-order valence-electron chi connectivity index (χ3n) is 10.9. The molecular weight excluding hydrogens is 719 g/mol. The molecule has 48 heavy (non-hydrogen) atoms. The number of fused-ring (bicyclic) bond motifs is 2. The van der Waals surface area contributed by atoms with Crippen LogP contribution in [-0.4, -0.2) is 5.92 Å². The maximum absolute atomic E-state index is 8.81. The second-order valence-electron chi connectivity index (χ2n) is 16.3. The molecule has 0 amide bonds. The van der Waals surface area contributed by atoms with Crippen LogP contribution in [0.5, 0.6) is 0 Å². The topological polar surface area (TPSA) is 0 Å². The van der Waals surface area contributed by atoms with Crippen LogP contribution >= 0.6 is 17.0 Å². The summed E-state index contributed by atoms with van der Waals surface area (Å²) >= 11 is -4.90. The Morgan fingerprint density at radius 1 is 0.583 bits per heavy atom.